The lowest BCUT2D eigenvalue weighted by Gasteiger charge is -2.26. The number of hydrogen-bond donors (Lipinski definition) is 0. The lowest BCUT2D eigenvalue weighted by Crippen LogP contribution is -2.35. The van der Waals surface area contributed by atoms with Gasteiger partial charge in [0.15, 0.2) is 0 Å². The molecule has 0 atom stereocenters. The molecule has 0 unspecified atom stereocenters. The fourth-order valence-corrected chi connectivity index (χ4v) is 2.33. The van der Waals surface area contributed by atoms with Crippen molar-refractivity contribution in [2.45, 2.75) is 6.54 Å². The largest absolute Gasteiger partial charge is 0.379 e. The number of benzene rings is 1. The Kier molecular flexibility index (Phi) is 3.86. The van der Waals surface area contributed by atoms with Crippen LogP contribution in [-0.2, 0) is 11.3 Å². The minimum Gasteiger partial charge on any atom is -0.379 e. The lowest BCUT2D eigenvalue weighted by molar-refractivity contribution is 0.0342. The molecule has 0 radical (unpaired) electrons. The summed E-state index contributed by atoms with van der Waals surface area (Å²) in [5.74, 6) is 0. The normalized spacial score (nSPS) is 16.4. The van der Waals surface area contributed by atoms with Crippen molar-refractivity contribution in [2.75, 3.05) is 26.3 Å². The van der Waals surface area contributed by atoms with Crippen LogP contribution in [0.4, 0.5) is 0 Å². The first-order chi connectivity index (χ1) is 9.42. The maximum atomic E-state index is 5.36. The van der Waals surface area contributed by atoms with Gasteiger partial charge >= 0.3 is 0 Å². The number of nitrogens with zero attached hydrogens (tertiary/aromatic N) is 2. The van der Waals surface area contributed by atoms with Gasteiger partial charge in [-0.1, -0.05) is 30.3 Å². The molecule has 1 aromatic carbocycles. The van der Waals surface area contributed by atoms with Crippen molar-refractivity contribution in [3.8, 4) is 11.3 Å². The van der Waals surface area contributed by atoms with Crippen LogP contribution >= 0.6 is 0 Å². The van der Waals surface area contributed by atoms with E-state index in [0.29, 0.717) is 0 Å². The first-order valence-corrected chi connectivity index (χ1v) is 6.72. The third-order valence-corrected chi connectivity index (χ3v) is 3.42. The van der Waals surface area contributed by atoms with Crippen molar-refractivity contribution in [1.82, 2.24) is 9.88 Å². The molecule has 0 amide bonds. The van der Waals surface area contributed by atoms with Crippen LogP contribution in [0.1, 0.15) is 5.56 Å². The minimum absolute atomic E-state index is 0.853. The number of aromatic nitrogens is 1. The van der Waals surface area contributed by atoms with Gasteiger partial charge in [-0.2, -0.15) is 0 Å². The molecule has 98 valence electrons. The highest BCUT2D eigenvalue weighted by Gasteiger charge is 2.10. The number of hydrogen-bond acceptors (Lipinski definition) is 3. The van der Waals surface area contributed by atoms with Crippen LogP contribution in [0, 0.1) is 0 Å². The van der Waals surface area contributed by atoms with Crippen molar-refractivity contribution in [1.29, 1.82) is 0 Å². The fraction of sp³-hybridized carbons (Fsp3) is 0.312. The first kappa shape index (κ1) is 12.3. The zero-order valence-corrected chi connectivity index (χ0v) is 11.0. The van der Waals surface area contributed by atoms with Crippen molar-refractivity contribution < 1.29 is 4.74 Å². The zero-order valence-electron chi connectivity index (χ0n) is 11.0. The minimum atomic E-state index is 0.853. The van der Waals surface area contributed by atoms with Crippen LogP contribution < -0.4 is 0 Å². The molecule has 0 saturated carbocycles. The lowest BCUT2D eigenvalue weighted by atomic mass is 10.1. The van der Waals surface area contributed by atoms with Gasteiger partial charge in [0.25, 0.3) is 0 Å². The summed E-state index contributed by atoms with van der Waals surface area (Å²) in [4.78, 5) is 6.80. The van der Waals surface area contributed by atoms with Crippen LogP contribution in [0.2, 0.25) is 0 Å². The predicted octanol–water partition coefficient (Wildman–Crippen LogP) is 2.58. The van der Waals surface area contributed by atoms with E-state index in [4.69, 9.17) is 4.74 Å². The van der Waals surface area contributed by atoms with E-state index in [1.807, 2.05) is 24.4 Å². The van der Waals surface area contributed by atoms with Crippen molar-refractivity contribution in [3.05, 3.63) is 54.2 Å². The Labute approximate surface area is 113 Å². The van der Waals surface area contributed by atoms with Crippen molar-refractivity contribution >= 4 is 0 Å². The second kappa shape index (κ2) is 5.95. The summed E-state index contributed by atoms with van der Waals surface area (Å²) in [5, 5.41) is 0. The summed E-state index contributed by atoms with van der Waals surface area (Å²) in [6.07, 6.45) is 1.83. The van der Waals surface area contributed by atoms with Gasteiger partial charge < -0.3 is 4.74 Å². The SMILES string of the molecule is c1ccc(-c2ccc(CN3CCOCC3)cc2)nc1. The third kappa shape index (κ3) is 3.19. The van der Waals surface area contributed by atoms with E-state index in [-0.39, 0.29) is 0 Å². The molecule has 2 heterocycles. The van der Waals surface area contributed by atoms with E-state index in [9.17, 15) is 0 Å². The Bertz CT molecular complexity index is 504. The van der Waals surface area contributed by atoms with E-state index in [2.05, 4.69) is 34.1 Å². The fourth-order valence-electron chi connectivity index (χ4n) is 2.33. The molecule has 1 aliphatic rings. The molecule has 3 heteroatoms. The molecule has 1 aliphatic heterocycles. The van der Waals surface area contributed by atoms with Crippen LogP contribution in [-0.4, -0.2) is 36.2 Å². The molecule has 1 fully saturated rings. The van der Waals surface area contributed by atoms with Crippen LogP contribution in [0.15, 0.2) is 48.7 Å². The van der Waals surface area contributed by atoms with E-state index in [0.717, 1.165) is 38.5 Å². The first-order valence-electron chi connectivity index (χ1n) is 6.72. The highest BCUT2D eigenvalue weighted by Crippen LogP contribution is 2.17. The van der Waals surface area contributed by atoms with Gasteiger partial charge in [0.05, 0.1) is 18.9 Å². The number of rotatable bonds is 3. The van der Waals surface area contributed by atoms with Gasteiger partial charge in [0, 0.05) is 31.4 Å². The number of pyridine rings is 1. The Balaban J connectivity index is 1.68. The number of morpholine rings is 1. The van der Waals surface area contributed by atoms with Gasteiger partial charge in [-0.15, -0.1) is 0 Å². The van der Waals surface area contributed by atoms with Crippen LogP contribution in [0.5, 0.6) is 0 Å². The van der Waals surface area contributed by atoms with Gasteiger partial charge in [-0.05, 0) is 17.7 Å². The predicted molar refractivity (Wildman–Crippen MR) is 75.8 cm³/mol. The van der Waals surface area contributed by atoms with Crippen LogP contribution in [0.25, 0.3) is 11.3 Å². The molecule has 3 rings (SSSR count). The second-order valence-electron chi connectivity index (χ2n) is 4.80. The van der Waals surface area contributed by atoms with Crippen molar-refractivity contribution in [3.63, 3.8) is 0 Å². The molecule has 2 aromatic rings. The van der Waals surface area contributed by atoms with Gasteiger partial charge in [0.1, 0.15) is 0 Å². The molecule has 0 spiro atoms. The van der Waals surface area contributed by atoms with E-state index < -0.39 is 0 Å². The monoisotopic (exact) mass is 254 g/mol. The Morgan fingerprint density at radius 3 is 2.47 bits per heavy atom. The Morgan fingerprint density at radius 2 is 1.79 bits per heavy atom. The summed E-state index contributed by atoms with van der Waals surface area (Å²) >= 11 is 0. The molecule has 0 aliphatic carbocycles. The van der Waals surface area contributed by atoms with E-state index in [1.165, 1.54) is 11.1 Å². The molecular weight excluding hydrogens is 236 g/mol. The Morgan fingerprint density at radius 1 is 1.00 bits per heavy atom. The smallest absolute Gasteiger partial charge is 0.0701 e. The molecule has 0 bridgehead atoms. The summed E-state index contributed by atoms with van der Waals surface area (Å²) in [6.45, 7) is 4.77. The third-order valence-electron chi connectivity index (χ3n) is 3.42. The average Bonchev–Trinajstić information content (AvgIpc) is 2.50. The summed E-state index contributed by atoms with van der Waals surface area (Å²) in [7, 11) is 0. The van der Waals surface area contributed by atoms with Crippen molar-refractivity contribution in [2.24, 2.45) is 0 Å². The van der Waals surface area contributed by atoms with E-state index >= 15 is 0 Å². The number of ether oxygens (including phenoxy) is 1. The van der Waals surface area contributed by atoms with Gasteiger partial charge in [-0.25, -0.2) is 0 Å². The van der Waals surface area contributed by atoms with Gasteiger partial charge in [0.2, 0.25) is 0 Å². The second-order valence-corrected chi connectivity index (χ2v) is 4.80. The topological polar surface area (TPSA) is 25.4 Å². The maximum absolute atomic E-state index is 5.36. The molecule has 19 heavy (non-hydrogen) atoms. The molecule has 1 saturated heterocycles. The molecule has 1 aromatic heterocycles. The molecular formula is C16H18N2O. The Hall–Kier alpha value is -1.71. The summed E-state index contributed by atoms with van der Waals surface area (Å²) in [5.41, 5.74) is 3.55. The molecule has 3 nitrogen and oxygen atoms in total. The quantitative estimate of drug-likeness (QED) is 0.842. The summed E-state index contributed by atoms with van der Waals surface area (Å²) in [6, 6.07) is 14.7. The highest BCUT2D eigenvalue weighted by molar-refractivity contribution is 5.58. The average molecular weight is 254 g/mol. The highest BCUT2D eigenvalue weighted by atomic mass is 16.5. The zero-order chi connectivity index (χ0) is 12.9. The maximum Gasteiger partial charge on any atom is 0.0701 e. The standard InChI is InChI=1S/C16H18N2O/c1-2-8-17-16(3-1)15-6-4-14(5-7-15)13-18-9-11-19-12-10-18/h1-8H,9-13H2. The van der Waals surface area contributed by atoms with Crippen LogP contribution in [0.3, 0.4) is 0 Å². The summed E-state index contributed by atoms with van der Waals surface area (Å²) < 4.78 is 5.36. The molecule has 0 N–H and O–H groups in total. The van der Waals surface area contributed by atoms with E-state index in [1.54, 1.807) is 0 Å². The van der Waals surface area contributed by atoms with Gasteiger partial charge in [-0.3, -0.25) is 9.88 Å².